The molecule has 2 unspecified atom stereocenters. The molecular weight excluding hydrogens is 142 g/mol. The number of carbonyl (C=O) groups excluding carboxylic acids is 2. The van der Waals surface area contributed by atoms with Gasteiger partial charge in [-0.2, -0.15) is 0 Å². The molecule has 0 aliphatic carbocycles. The first-order valence-corrected chi connectivity index (χ1v) is 4.06. The Morgan fingerprint density at radius 1 is 1.45 bits per heavy atom. The van der Waals surface area contributed by atoms with Gasteiger partial charge >= 0.3 is 0 Å². The van der Waals surface area contributed by atoms with Crippen LogP contribution in [0.1, 0.15) is 19.8 Å². The minimum absolute atomic E-state index is 0.0394. The van der Waals surface area contributed by atoms with Crippen molar-refractivity contribution in [2.75, 3.05) is 6.54 Å². The highest BCUT2D eigenvalue weighted by atomic mass is 16.2. The van der Waals surface area contributed by atoms with Crippen LogP contribution in [-0.2, 0) is 9.59 Å². The molecule has 0 N–H and O–H groups in total. The number of Topliss-reactive ketones (excluding diaryl/α,β-unsaturated/α-hetero) is 1. The number of hydrogen-bond donors (Lipinski definition) is 0. The van der Waals surface area contributed by atoms with Crippen LogP contribution in [0, 0.1) is 5.92 Å². The number of rotatable bonds is 0. The third-order valence-electron chi connectivity index (χ3n) is 2.66. The fraction of sp³-hybridized carbons (Fsp3) is 0.750. The van der Waals surface area contributed by atoms with E-state index in [1.165, 1.54) is 0 Å². The number of fused-ring (bicyclic) bond motifs is 1. The molecule has 2 fully saturated rings. The summed E-state index contributed by atoms with van der Waals surface area (Å²) in [6.45, 7) is 2.50. The average Bonchev–Trinajstić information content (AvgIpc) is 2.53. The quantitative estimate of drug-likeness (QED) is 0.466. The molecule has 60 valence electrons. The summed E-state index contributed by atoms with van der Waals surface area (Å²) in [5.74, 6) is -0.190. The normalized spacial score (nSPS) is 36.6. The molecule has 0 spiro atoms. The maximum Gasteiger partial charge on any atom is 0.233 e. The third kappa shape index (κ3) is 0.737. The molecule has 0 aromatic rings. The Morgan fingerprint density at radius 3 is 2.82 bits per heavy atom. The Balaban J connectivity index is 2.30. The van der Waals surface area contributed by atoms with Crippen LogP contribution in [0.4, 0.5) is 0 Å². The largest absolute Gasteiger partial charge is 0.332 e. The highest BCUT2D eigenvalue weighted by Gasteiger charge is 2.46. The lowest BCUT2D eigenvalue weighted by Crippen LogP contribution is -2.29. The standard InChI is InChI=1S/C8H11NO2/c1-5-7(10)6-3-2-4-9(6)8(5)11/h5-6H,2-4H2,1H3. The predicted octanol–water partition coefficient (Wildman–Crippen LogP) is 0.196. The molecule has 11 heavy (non-hydrogen) atoms. The van der Waals surface area contributed by atoms with E-state index in [1.54, 1.807) is 11.8 Å². The number of ketones is 1. The molecule has 0 saturated carbocycles. The Bertz CT molecular complexity index is 202. The van der Waals surface area contributed by atoms with Crippen LogP contribution >= 0.6 is 0 Å². The molecule has 3 nitrogen and oxygen atoms in total. The first-order chi connectivity index (χ1) is 5.22. The summed E-state index contributed by atoms with van der Waals surface area (Å²) in [5, 5.41) is 0. The Labute approximate surface area is 65.4 Å². The molecule has 0 aromatic heterocycles. The molecule has 1 amide bonds. The van der Waals surface area contributed by atoms with Crippen LogP contribution in [0.5, 0.6) is 0 Å². The molecular formula is C8H11NO2. The Hall–Kier alpha value is -0.860. The van der Waals surface area contributed by atoms with Gasteiger partial charge in [0.05, 0.1) is 12.0 Å². The van der Waals surface area contributed by atoms with Crippen molar-refractivity contribution in [1.82, 2.24) is 4.90 Å². The zero-order chi connectivity index (χ0) is 8.01. The summed E-state index contributed by atoms with van der Waals surface area (Å²) >= 11 is 0. The fourth-order valence-corrected chi connectivity index (χ4v) is 1.99. The Kier molecular flexibility index (Phi) is 1.28. The van der Waals surface area contributed by atoms with Crippen molar-refractivity contribution in [2.45, 2.75) is 25.8 Å². The van der Waals surface area contributed by atoms with Gasteiger partial charge in [0.1, 0.15) is 0 Å². The molecule has 2 aliphatic heterocycles. The zero-order valence-electron chi connectivity index (χ0n) is 6.54. The Morgan fingerprint density at radius 2 is 2.18 bits per heavy atom. The van der Waals surface area contributed by atoms with Crippen LogP contribution in [0.3, 0.4) is 0 Å². The van der Waals surface area contributed by atoms with E-state index in [9.17, 15) is 9.59 Å². The average molecular weight is 153 g/mol. The first kappa shape index (κ1) is 6.83. The maximum atomic E-state index is 11.3. The topological polar surface area (TPSA) is 37.4 Å². The molecule has 0 radical (unpaired) electrons. The van der Waals surface area contributed by atoms with Crippen molar-refractivity contribution < 1.29 is 9.59 Å². The van der Waals surface area contributed by atoms with Gasteiger partial charge in [0.25, 0.3) is 0 Å². The van der Waals surface area contributed by atoms with Gasteiger partial charge in [0.2, 0.25) is 5.91 Å². The van der Waals surface area contributed by atoms with Gasteiger partial charge in [-0.3, -0.25) is 9.59 Å². The fourth-order valence-electron chi connectivity index (χ4n) is 1.99. The van der Waals surface area contributed by atoms with Gasteiger partial charge in [-0.1, -0.05) is 0 Å². The van der Waals surface area contributed by atoms with E-state index in [1.807, 2.05) is 0 Å². The van der Waals surface area contributed by atoms with E-state index in [2.05, 4.69) is 0 Å². The van der Waals surface area contributed by atoms with Crippen molar-refractivity contribution in [2.24, 2.45) is 5.92 Å². The molecule has 0 bridgehead atoms. The summed E-state index contributed by atoms with van der Waals surface area (Å²) in [5.41, 5.74) is 0. The van der Waals surface area contributed by atoms with Gasteiger partial charge < -0.3 is 4.90 Å². The highest BCUT2D eigenvalue weighted by molar-refractivity contribution is 6.10. The van der Waals surface area contributed by atoms with Crippen molar-refractivity contribution in [3.63, 3.8) is 0 Å². The molecule has 0 aromatic carbocycles. The number of hydrogen-bond acceptors (Lipinski definition) is 2. The lowest BCUT2D eigenvalue weighted by Gasteiger charge is -2.12. The zero-order valence-corrected chi connectivity index (χ0v) is 6.54. The van der Waals surface area contributed by atoms with E-state index in [0.29, 0.717) is 0 Å². The number of nitrogens with zero attached hydrogens (tertiary/aromatic N) is 1. The van der Waals surface area contributed by atoms with E-state index >= 15 is 0 Å². The number of carbonyl (C=O) groups is 2. The monoisotopic (exact) mass is 153 g/mol. The molecule has 2 aliphatic rings. The SMILES string of the molecule is CC1C(=O)C2CCCN2C1=O. The molecule has 3 heteroatoms. The minimum atomic E-state index is -0.361. The summed E-state index contributed by atoms with van der Waals surface area (Å²) in [6.07, 6.45) is 1.88. The van der Waals surface area contributed by atoms with E-state index in [-0.39, 0.29) is 23.7 Å². The summed E-state index contributed by atoms with van der Waals surface area (Å²) in [7, 11) is 0. The second-order valence-corrected chi connectivity index (χ2v) is 3.31. The van der Waals surface area contributed by atoms with Crippen molar-refractivity contribution >= 4 is 11.7 Å². The van der Waals surface area contributed by atoms with Crippen molar-refractivity contribution in [3.05, 3.63) is 0 Å². The van der Waals surface area contributed by atoms with E-state index in [4.69, 9.17) is 0 Å². The van der Waals surface area contributed by atoms with Gasteiger partial charge in [0.15, 0.2) is 5.78 Å². The van der Waals surface area contributed by atoms with Gasteiger partial charge in [-0.25, -0.2) is 0 Å². The lowest BCUT2D eigenvalue weighted by atomic mass is 10.0. The molecule has 2 saturated heterocycles. The third-order valence-corrected chi connectivity index (χ3v) is 2.66. The minimum Gasteiger partial charge on any atom is -0.332 e. The highest BCUT2D eigenvalue weighted by Crippen LogP contribution is 2.29. The summed E-state index contributed by atoms with van der Waals surface area (Å²) < 4.78 is 0. The van der Waals surface area contributed by atoms with Gasteiger partial charge in [-0.05, 0) is 19.8 Å². The molecule has 2 atom stereocenters. The van der Waals surface area contributed by atoms with E-state index in [0.717, 1.165) is 19.4 Å². The van der Waals surface area contributed by atoms with Gasteiger partial charge in [-0.15, -0.1) is 0 Å². The van der Waals surface area contributed by atoms with Crippen LogP contribution < -0.4 is 0 Å². The smallest absolute Gasteiger partial charge is 0.233 e. The van der Waals surface area contributed by atoms with Gasteiger partial charge in [0, 0.05) is 6.54 Å². The molecule has 2 rings (SSSR count). The van der Waals surface area contributed by atoms with Crippen LogP contribution in [0.2, 0.25) is 0 Å². The van der Waals surface area contributed by atoms with Crippen LogP contribution in [-0.4, -0.2) is 29.2 Å². The van der Waals surface area contributed by atoms with Crippen LogP contribution in [0.25, 0.3) is 0 Å². The predicted molar refractivity (Wildman–Crippen MR) is 38.9 cm³/mol. The van der Waals surface area contributed by atoms with Crippen molar-refractivity contribution in [3.8, 4) is 0 Å². The molecule has 2 heterocycles. The van der Waals surface area contributed by atoms with E-state index < -0.39 is 0 Å². The second kappa shape index (κ2) is 2.06. The van der Waals surface area contributed by atoms with Crippen molar-refractivity contribution in [1.29, 1.82) is 0 Å². The first-order valence-electron chi connectivity index (χ1n) is 4.06. The second-order valence-electron chi connectivity index (χ2n) is 3.31. The number of amides is 1. The summed E-state index contributed by atoms with van der Waals surface area (Å²) in [4.78, 5) is 24.4. The van der Waals surface area contributed by atoms with Crippen LogP contribution in [0.15, 0.2) is 0 Å². The maximum absolute atomic E-state index is 11.3. The summed E-state index contributed by atoms with van der Waals surface area (Å²) in [6, 6.07) is -0.0579. The lowest BCUT2D eigenvalue weighted by molar-refractivity contribution is -0.131.